The second-order valence-corrected chi connectivity index (χ2v) is 5.19. The zero-order valence-corrected chi connectivity index (χ0v) is 12.8. The second kappa shape index (κ2) is 7.27. The lowest BCUT2D eigenvalue weighted by Crippen LogP contribution is -2.13. The molecule has 0 amide bonds. The summed E-state index contributed by atoms with van der Waals surface area (Å²) >= 11 is 0. The van der Waals surface area contributed by atoms with Crippen LogP contribution in [0.3, 0.4) is 0 Å². The molecule has 0 saturated heterocycles. The van der Waals surface area contributed by atoms with Crippen LogP contribution < -0.4 is 10.1 Å². The van der Waals surface area contributed by atoms with Gasteiger partial charge in [0.15, 0.2) is 11.6 Å². The van der Waals surface area contributed by atoms with E-state index in [0.29, 0.717) is 13.2 Å². The van der Waals surface area contributed by atoms with Crippen LogP contribution in [0, 0.1) is 19.7 Å². The lowest BCUT2D eigenvalue weighted by Gasteiger charge is -2.07. The molecule has 0 saturated carbocycles. The molecule has 0 aliphatic heterocycles. The Balaban J connectivity index is 1.98. The van der Waals surface area contributed by atoms with Gasteiger partial charge in [-0.1, -0.05) is 13.0 Å². The third-order valence-corrected chi connectivity index (χ3v) is 3.27. The van der Waals surface area contributed by atoms with Crippen LogP contribution in [-0.4, -0.2) is 6.54 Å². The molecule has 0 aliphatic rings. The summed E-state index contributed by atoms with van der Waals surface area (Å²) in [6.07, 6.45) is 1.09. The summed E-state index contributed by atoms with van der Waals surface area (Å²) < 4.78 is 24.9. The van der Waals surface area contributed by atoms with E-state index in [9.17, 15) is 4.39 Å². The van der Waals surface area contributed by atoms with Crippen molar-refractivity contribution in [3.05, 3.63) is 52.7 Å². The van der Waals surface area contributed by atoms with Crippen molar-refractivity contribution >= 4 is 0 Å². The summed E-state index contributed by atoms with van der Waals surface area (Å²) in [7, 11) is 0. The fourth-order valence-corrected chi connectivity index (χ4v) is 2.08. The van der Waals surface area contributed by atoms with Crippen molar-refractivity contribution in [2.45, 2.75) is 40.3 Å². The summed E-state index contributed by atoms with van der Waals surface area (Å²) in [6, 6.07) is 6.82. The topological polar surface area (TPSA) is 34.4 Å². The Bertz CT molecular complexity index is 592. The lowest BCUT2D eigenvalue weighted by molar-refractivity contribution is 0.287. The molecule has 1 aromatic carbocycles. The molecular weight excluding hydrogens is 269 g/mol. The third kappa shape index (κ3) is 4.33. The number of ether oxygens (including phenoxy) is 1. The molecule has 0 unspecified atom stereocenters. The maximum absolute atomic E-state index is 13.6. The minimum absolute atomic E-state index is 0.279. The highest BCUT2D eigenvalue weighted by Gasteiger charge is 2.10. The van der Waals surface area contributed by atoms with Gasteiger partial charge in [-0.3, -0.25) is 0 Å². The number of aryl methyl sites for hydroxylation is 2. The average Bonchev–Trinajstić information content (AvgIpc) is 2.80. The van der Waals surface area contributed by atoms with Crippen LogP contribution in [0.2, 0.25) is 0 Å². The number of benzene rings is 1. The van der Waals surface area contributed by atoms with Crippen LogP contribution in [0.25, 0.3) is 0 Å². The van der Waals surface area contributed by atoms with E-state index in [0.717, 1.165) is 35.6 Å². The zero-order valence-electron chi connectivity index (χ0n) is 12.8. The van der Waals surface area contributed by atoms with E-state index in [-0.39, 0.29) is 11.6 Å². The monoisotopic (exact) mass is 291 g/mol. The molecule has 0 bridgehead atoms. The van der Waals surface area contributed by atoms with Gasteiger partial charge in [0.25, 0.3) is 0 Å². The lowest BCUT2D eigenvalue weighted by atomic mass is 10.2. The van der Waals surface area contributed by atoms with Crippen molar-refractivity contribution in [2.75, 3.05) is 6.54 Å². The molecule has 1 heterocycles. The first kappa shape index (κ1) is 15.6. The van der Waals surface area contributed by atoms with Crippen molar-refractivity contribution in [1.82, 2.24) is 5.32 Å². The summed E-state index contributed by atoms with van der Waals surface area (Å²) in [4.78, 5) is 0. The van der Waals surface area contributed by atoms with Gasteiger partial charge in [0.05, 0.1) is 6.54 Å². The van der Waals surface area contributed by atoms with Crippen LogP contribution in [0.5, 0.6) is 5.75 Å². The first-order valence-corrected chi connectivity index (χ1v) is 7.28. The van der Waals surface area contributed by atoms with Gasteiger partial charge in [-0.2, -0.15) is 0 Å². The molecule has 0 aliphatic carbocycles. The van der Waals surface area contributed by atoms with E-state index in [1.165, 1.54) is 6.07 Å². The van der Waals surface area contributed by atoms with Crippen LogP contribution in [-0.2, 0) is 13.2 Å². The molecule has 1 N–H and O–H groups in total. The number of rotatable bonds is 7. The van der Waals surface area contributed by atoms with Gasteiger partial charge in [0, 0.05) is 5.56 Å². The third-order valence-electron chi connectivity index (χ3n) is 3.27. The molecule has 4 heteroatoms. The highest BCUT2D eigenvalue weighted by atomic mass is 19.1. The maximum Gasteiger partial charge on any atom is 0.165 e. The number of nitrogens with one attached hydrogen (secondary N) is 1. The van der Waals surface area contributed by atoms with E-state index in [2.05, 4.69) is 12.2 Å². The predicted octanol–water partition coefficient (Wildman–Crippen LogP) is 4.11. The molecule has 114 valence electrons. The van der Waals surface area contributed by atoms with Gasteiger partial charge < -0.3 is 14.5 Å². The first-order chi connectivity index (χ1) is 10.1. The first-order valence-electron chi connectivity index (χ1n) is 7.28. The fraction of sp³-hybridized carbons (Fsp3) is 0.412. The van der Waals surface area contributed by atoms with Crippen LogP contribution in [0.15, 0.2) is 28.7 Å². The van der Waals surface area contributed by atoms with Gasteiger partial charge in [-0.05, 0) is 50.6 Å². The molecule has 0 atom stereocenters. The van der Waals surface area contributed by atoms with Gasteiger partial charge in [-0.15, -0.1) is 0 Å². The standard InChI is InChI=1S/C17H22FNO2/c1-4-7-19-10-15-9-14(13(3)21-15)11-20-17-8-12(2)5-6-16(17)18/h5-6,8-9,19H,4,7,10-11H2,1-3H3. The van der Waals surface area contributed by atoms with E-state index in [4.69, 9.17) is 9.15 Å². The highest BCUT2D eigenvalue weighted by molar-refractivity contribution is 5.30. The molecule has 2 rings (SSSR count). The minimum Gasteiger partial charge on any atom is -0.486 e. The van der Waals surface area contributed by atoms with Crippen LogP contribution >= 0.6 is 0 Å². The molecule has 3 nitrogen and oxygen atoms in total. The van der Waals surface area contributed by atoms with Crippen molar-refractivity contribution in [2.24, 2.45) is 0 Å². The summed E-state index contributed by atoms with van der Waals surface area (Å²) in [6.45, 7) is 7.90. The van der Waals surface area contributed by atoms with Crippen molar-refractivity contribution in [3.8, 4) is 5.75 Å². The Labute approximate surface area is 125 Å². The quantitative estimate of drug-likeness (QED) is 0.779. The van der Waals surface area contributed by atoms with E-state index >= 15 is 0 Å². The second-order valence-electron chi connectivity index (χ2n) is 5.19. The van der Waals surface area contributed by atoms with Gasteiger partial charge in [-0.25, -0.2) is 4.39 Å². The number of furan rings is 1. The molecular formula is C17H22FNO2. The molecule has 1 aromatic heterocycles. The normalized spacial score (nSPS) is 10.9. The van der Waals surface area contributed by atoms with Crippen molar-refractivity contribution in [3.63, 3.8) is 0 Å². The van der Waals surface area contributed by atoms with Crippen LogP contribution in [0.1, 0.15) is 36.0 Å². The van der Waals surface area contributed by atoms with Gasteiger partial charge >= 0.3 is 0 Å². The Morgan fingerprint density at radius 2 is 2.05 bits per heavy atom. The summed E-state index contributed by atoms with van der Waals surface area (Å²) in [5.74, 6) is 1.63. The highest BCUT2D eigenvalue weighted by Crippen LogP contribution is 2.22. The van der Waals surface area contributed by atoms with Crippen molar-refractivity contribution in [1.29, 1.82) is 0 Å². The molecule has 2 aromatic rings. The number of halogens is 1. The number of hydrogen-bond acceptors (Lipinski definition) is 3. The van der Waals surface area contributed by atoms with Gasteiger partial charge in [0.1, 0.15) is 18.1 Å². The SMILES string of the molecule is CCCNCc1cc(COc2cc(C)ccc2F)c(C)o1. The Morgan fingerprint density at radius 1 is 1.24 bits per heavy atom. The van der Waals surface area contributed by atoms with E-state index in [1.807, 2.05) is 19.9 Å². The van der Waals surface area contributed by atoms with E-state index in [1.54, 1.807) is 12.1 Å². The molecule has 0 spiro atoms. The predicted molar refractivity (Wildman–Crippen MR) is 80.9 cm³/mol. The van der Waals surface area contributed by atoms with Crippen LogP contribution in [0.4, 0.5) is 4.39 Å². The molecule has 0 radical (unpaired) electrons. The zero-order chi connectivity index (χ0) is 15.2. The summed E-state index contributed by atoms with van der Waals surface area (Å²) in [5.41, 5.74) is 1.92. The Morgan fingerprint density at radius 3 is 2.81 bits per heavy atom. The average molecular weight is 291 g/mol. The molecule has 21 heavy (non-hydrogen) atoms. The Kier molecular flexibility index (Phi) is 5.39. The largest absolute Gasteiger partial charge is 0.486 e. The number of hydrogen-bond donors (Lipinski definition) is 1. The van der Waals surface area contributed by atoms with E-state index < -0.39 is 0 Å². The maximum atomic E-state index is 13.6. The Hall–Kier alpha value is -1.81. The summed E-state index contributed by atoms with van der Waals surface area (Å²) in [5, 5.41) is 3.29. The minimum atomic E-state index is -0.341. The van der Waals surface area contributed by atoms with Crippen molar-refractivity contribution < 1.29 is 13.5 Å². The van der Waals surface area contributed by atoms with Gasteiger partial charge in [0.2, 0.25) is 0 Å². The fourth-order valence-electron chi connectivity index (χ4n) is 2.08. The smallest absolute Gasteiger partial charge is 0.165 e. The molecule has 0 fully saturated rings.